The number of anilines is 1. The van der Waals surface area contributed by atoms with E-state index in [1.807, 2.05) is 0 Å². The van der Waals surface area contributed by atoms with Crippen molar-refractivity contribution in [3.8, 4) is 0 Å². The number of rotatable bonds is 3. The predicted molar refractivity (Wildman–Crippen MR) is 65.7 cm³/mol. The van der Waals surface area contributed by atoms with Gasteiger partial charge in [-0.1, -0.05) is 12.1 Å². The number of amides is 1. The summed E-state index contributed by atoms with van der Waals surface area (Å²) in [5.41, 5.74) is 1.23. The summed E-state index contributed by atoms with van der Waals surface area (Å²) in [6.45, 7) is 2.75. The minimum atomic E-state index is -1.04. The van der Waals surface area contributed by atoms with Gasteiger partial charge in [0.25, 0.3) is 0 Å². The molecule has 1 aromatic carbocycles. The van der Waals surface area contributed by atoms with Crippen LogP contribution in [0.15, 0.2) is 18.2 Å². The topological polar surface area (TPSA) is 75.6 Å². The highest BCUT2D eigenvalue weighted by molar-refractivity contribution is 6.02. The molecule has 0 radical (unpaired) electrons. The monoisotopic (exact) mass is 249 g/mol. The molecule has 1 amide bonds. The predicted octanol–water partition coefficient (Wildman–Crippen LogP) is 1.67. The van der Waals surface area contributed by atoms with E-state index >= 15 is 0 Å². The first-order valence-electron chi connectivity index (χ1n) is 5.81. The van der Waals surface area contributed by atoms with Crippen molar-refractivity contribution in [1.82, 2.24) is 0 Å². The molecule has 18 heavy (non-hydrogen) atoms. The van der Waals surface area contributed by atoms with Gasteiger partial charge in [-0.3, -0.25) is 4.79 Å². The molecule has 1 aliphatic heterocycles. The standard InChI is InChI=1S/C13H15NO4/c1-8-3-2-4-10(13(16)17)11(8)14-12(15)9-5-6-18-7-9/h2-4,9H,5-7H2,1H3,(H,14,15)(H,16,17). The van der Waals surface area contributed by atoms with E-state index < -0.39 is 5.97 Å². The van der Waals surface area contributed by atoms with Crippen LogP contribution in [0.4, 0.5) is 5.69 Å². The molecule has 1 heterocycles. The summed E-state index contributed by atoms with van der Waals surface area (Å²) in [5.74, 6) is -1.41. The summed E-state index contributed by atoms with van der Waals surface area (Å²) in [7, 11) is 0. The third-order valence-electron chi connectivity index (χ3n) is 3.05. The first kappa shape index (κ1) is 12.6. The summed E-state index contributed by atoms with van der Waals surface area (Å²) < 4.78 is 5.15. The van der Waals surface area contributed by atoms with Gasteiger partial charge in [0.1, 0.15) is 0 Å². The molecule has 0 saturated carbocycles. The van der Waals surface area contributed by atoms with Gasteiger partial charge in [-0.05, 0) is 25.0 Å². The van der Waals surface area contributed by atoms with Gasteiger partial charge in [0, 0.05) is 6.61 Å². The molecular weight excluding hydrogens is 234 g/mol. The zero-order chi connectivity index (χ0) is 13.1. The molecule has 2 rings (SSSR count). The largest absolute Gasteiger partial charge is 0.478 e. The molecule has 0 spiro atoms. The van der Waals surface area contributed by atoms with Crippen molar-refractivity contribution in [3.63, 3.8) is 0 Å². The van der Waals surface area contributed by atoms with Crippen LogP contribution in [0.5, 0.6) is 0 Å². The third kappa shape index (κ3) is 2.51. The quantitative estimate of drug-likeness (QED) is 0.854. The molecule has 1 atom stereocenters. The number of carbonyl (C=O) groups is 2. The van der Waals surface area contributed by atoms with Crippen molar-refractivity contribution >= 4 is 17.6 Å². The molecular formula is C13H15NO4. The Bertz CT molecular complexity index is 478. The van der Waals surface area contributed by atoms with E-state index in [-0.39, 0.29) is 17.4 Å². The number of nitrogens with one attached hydrogen (secondary N) is 1. The zero-order valence-corrected chi connectivity index (χ0v) is 10.1. The van der Waals surface area contributed by atoms with E-state index in [4.69, 9.17) is 9.84 Å². The lowest BCUT2D eigenvalue weighted by Crippen LogP contribution is -2.24. The Morgan fingerprint density at radius 3 is 2.83 bits per heavy atom. The number of aryl methyl sites for hydroxylation is 1. The van der Waals surface area contributed by atoms with E-state index in [2.05, 4.69) is 5.32 Å². The Kier molecular flexibility index (Phi) is 3.62. The highest BCUT2D eigenvalue weighted by atomic mass is 16.5. The highest BCUT2D eigenvalue weighted by Crippen LogP contribution is 2.23. The fourth-order valence-electron chi connectivity index (χ4n) is 1.98. The van der Waals surface area contributed by atoms with Crippen LogP contribution < -0.4 is 5.32 Å². The maximum Gasteiger partial charge on any atom is 0.337 e. The SMILES string of the molecule is Cc1cccc(C(=O)O)c1NC(=O)C1CCOC1. The normalized spacial score (nSPS) is 18.6. The molecule has 0 aliphatic carbocycles. The Morgan fingerprint density at radius 2 is 2.22 bits per heavy atom. The number of hydrogen-bond donors (Lipinski definition) is 2. The Hall–Kier alpha value is -1.88. The summed E-state index contributed by atoms with van der Waals surface area (Å²) >= 11 is 0. The minimum absolute atomic E-state index is 0.113. The van der Waals surface area contributed by atoms with Crippen LogP contribution in [0.2, 0.25) is 0 Å². The third-order valence-corrected chi connectivity index (χ3v) is 3.05. The second-order valence-corrected chi connectivity index (χ2v) is 4.35. The van der Waals surface area contributed by atoms with Gasteiger partial charge in [-0.2, -0.15) is 0 Å². The molecule has 1 saturated heterocycles. The van der Waals surface area contributed by atoms with E-state index in [1.165, 1.54) is 6.07 Å². The van der Waals surface area contributed by atoms with E-state index in [0.717, 1.165) is 5.56 Å². The van der Waals surface area contributed by atoms with Gasteiger partial charge in [0.15, 0.2) is 0 Å². The molecule has 5 nitrogen and oxygen atoms in total. The Labute approximate surface area is 105 Å². The molecule has 1 aliphatic rings. The van der Waals surface area contributed by atoms with Crippen LogP contribution in [0.25, 0.3) is 0 Å². The Morgan fingerprint density at radius 1 is 1.44 bits per heavy atom. The zero-order valence-electron chi connectivity index (χ0n) is 10.1. The number of ether oxygens (including phenoxy) is 1. The molecule has 5 heteroatoms. The smallest absolute Gasteiger partial charge is 0.337 e. The number of para-hydroxylation sites is 1. The van der Waals surface area contributed by atoms with Crippen molar-refractivity contribution in [2.45, 2.75) is 13.3 Å². The van der Waals surface area contributed by atoms with Gasteiger partial charge in [0.2, 0.25) is 5.91 Å². The molecule has 96 valence electrons. The lowest BCUT2D eigenvalue weighted by Gasteiger charge is -2.13. The van der Waals surface area contributed by atoms with E-state index in [1.54, 1.807) is 19.1 Å². The number of hydrogen-bond acceptors (Lipinski definition) is 3. The Balaban J connectivity index is 2.22. The number of carboxylic acid groups (broad SMARTS) is 1. The minimum Gasteiger partial charge on any atom is -0.478 e. The maximum atomic E-state index is 12.0. The summed E-state index contributed by atoms with van der Waals surface area (Å²) in [6, 6.07) is 4.91. The molecule has 0 aromatic heterocycles. The second kappa shape index (κ2) is 5.18. The van der Waals surface area contributed by atoms with Crippen molar-refractivity contribution in [2.24, 2.45) is 5.92 Å². The molecule has 1 unspecified atom stereocenters. The van der Waals surface area contributed by atoms with E-state index in [9.17, 15) is 9.59 Å². The van der Waals surface area contributed by atoms with Crippen LogP contribution in [-0.2, 0) is 9.53 Å². The van der Waals surface area contributed by atoms with Crippen molar-refractivity contribution in [3.05, 3.63) is 29.3 Å². The van der Waals surface area contributed by atoms with Crippen molar-refractivity contribution in [1.29, 1.82) is 0 Å². The highest BCUT2D eigenvalue weighted by Gasteiger charge is 2.25. The molecule has 2 N–H and O–H groups in total. The average molecular weight is 249 g/mol. The van der Waals surface area contributed by atoms with Crippen LogP contribution in [0.1, 0.15) is 22.3 Å². The van der Waals surface area contributed by atoms with Gasteiger partial charge >= 0.3 is 5.97 Å². The summed E-state index contributed by atoms with van der Waals surface area (Å²) in [6.07, 6.45) is 0.681. The van der Waals surface area contributed by atoms with E-state index in [0.29, 0.717) is 25.3 Å². The number of aromatic carboxylic acids is 1. The van der Waals surface area contributed by atoms with Crippen LogP contribution >= 0.6 is 0 Å². The van der Waals surface area contributed by atoms with Crippen LogP contribution in [0.3, 0.4) is 0 Å². The first-order valence-corrected chi connectivity index (χ1v) is 5.81. The number of carbonyl (C=O) groups excluding carboxylic acids is 1. The lowest BCUT2D eigenvalue weighted by molar-refractivity contribution is -0.119. The molecule has 1 fully saturated rings. The first-order chi connectivity index (χ1) is 8.59. The van der Waals surface area contributed by atoms with Gasteiger partial charge in [0.05, 0.1) is 23.8 Å². The lowest BCUT2D eigenvalue weighted by atomic mass is 10.1. The van der Waals surface area contributed by atoms with Gasteiger partial charge in [-0.15, -0.1) is 0 Å². The van der Waals surface area contributed by atoms with Crippen LogP contribution in [-0.4, -0.2) is 30.2 Å². The number of carboxylic acids is 1. The second-order valence-electron chi connectivity index (χ2n) is 4.35. The van der Waals surface area contributed by atoms with Gasteiger partial charge in [-0.25, -0.2) is 4.79 Å². The van der Waals surface area contributed by atoms with Crippen LogP contribution in [0, 0.1) is 12.8 Å². The fraction of sp³-hybridized carbons (Fsp3) is 0.385. The summed E-state index contributed by atoms with van der Waals surface area (Å²) in [4.78, 5) is 23.1. The summed E-state index contributed by atoms with van der Waals surface area (Å²) in [5, 5.41) is 11.8. The maximum absolute atomic E-state index is 12.0. The van der Waals surface area contributed by atoms with Crippen molar-refractivity contribution < 1.29 is 19.4 Å². The van der Waals surface area contributed by atoms with Crippen molar-refractivity contribution in [2.75, 3.05) is 18.5 Å². The molecule has 0 bridgehead atoms. The average Bonchev–Trinajstić information content (AvgIpc) is 2.85. The fourth-order valence-corrected chi connectivity index (χ4v) is 1.98. The molecule has 1 aromatic rings. The number of benzene rings is 1. The van der Waals surface area contributed by atoms with Gasteiger partial charge < -0.3 is 15.2 Å².